The molecule has 0 radical (unpaired) electrons. The molecule has 1 heterocycles. The number of hydrogen-bond acceptors (Lipinski definition) is 3. The van der Waals surface area contributed by atoms with Gasteiger partial charge in [0.1, 0.15) is 0 Å². The Morgan fingerprint density at radius 2 is 2.25 bits per heavy atom. The molecule has 0 atom stereocenters. The van der Waals surface area contributed by atoms with Gasteiger partial charge in [0.05, 0.1) is 6.20 Å². The van der Waals surface area contributed by atoms with Gasteiger partial charge in [0.2, 0.25) is 0 Å². The maximum absolute atomic E-state index is 11.2. The maximum Gasteiger partial charge on any atom is 0.316 e. The summed E-state index contributed by atoms with van der Waals surface area (Å²) >= 11 is 0. The number of nitrogens with one attached hydrogen (secondary N) is 3. The quantitative estimate of drug-likeness (QED) is 0.621. The van der Waals surface area contributed by atoms with Crippen LogP contribution in [0.2, 0.25) is 0 Å². The number of carbonyl (C=O) groups is 1. The zero-order valence-corrected chi connectivity index (χ0v) is 10.0. The molecule has 16 heavy (non-hydrogen) atoms. The van der Waals surface area contributed by atoms with Crippen LogP contribution in [0.5, 0.6) is 0 Å². The first kappa shape index (κ1) is 12.5. The molecule has 0 bridgehead atoms. The molecule has 3 N–H and O–H groups in total. The van der Waals surface area contributed by atoms with Crippen LogP contribution >= 0.6 is 0 Å². The number of H-pyrrole nitrogens is 1. The minimum Gasteiger partial charge on any atom is -0.337 e. The first-order valence-corrected chi connectivity index (χ1v) is 5.26. The second-order valence-corrected chi connectivity index (χ2v) is 3.82. The van der Waals surface area contributed by atoms with Crippen LogP contribution in [0.15, 0.2) is 6.20 Å². The zero-order chi connectivity index (χ0) is 12.0. The molecule has 90 valence electrons. The Bertz CT molecular complexity index is 334. The SMILES string of the molecule is Cc1[nH]ncc1CNCCNC(=O)N(C)C. The first-order valence-electron chi connectivity index (χ1n) is 5.26. The van der Waals surface area contributed by atoms with Gasteiger partial charge in [-0.2, -0.15) is 5.10 Å². The topological polar surface area (TPSA) is 73.0 Å². The smallest absolute Gasteiger partial charge is 0.316 e. The summed E-state index contributed by atoms with van der Waals surface area (Å²) < 4.78 is 0. The van der Waals surface area contributed by atoms with E-state index in [4.69, 9.17) is 0 Å². The highest BCUT2D eigenvalue weighted by atomic mass is 16.2. The lowest BCUT2D eigenvalue weighted by atomic mass is 10.2. The van der Waals surface area contributed by atoms with Crippen LogP contribution in [0, 0.1) is 6.92 Å². The summed E-state index contributed by atoms with van der Waals surface area (Å²) in [6.45, 7) is 4.11. The van der Waals surface area contributed by atoms with Crippen molar-refractivity contribution in [3.8, 4) is 0 Å². The number of carbonyl (C=O) groups excluding carboxylic acids is 1. The number of aryl methyl sites for hydroxylation is 1. The van der Waals surface area contributed by atoms with Crippen LogP contribution in [0.3, 0.4) is 0 Å². The Morgan fingerprint density at radius 3 is 2.81 bits per heavy atom. The standard InChI is InChI=1S/C10H19N5O/c1-8-9(7-13-14-8)6-11-4-5-12-10(16)15(2)3/h7,11H,4-6H2,1-3H3,(H,12,16)(H,13,14). The Kier molecular flexibility index (Phi) is 4.78. The second kappa shape index (κ2) is 6.12. The molecule has 2 amide bonds. The summed E-state index contributed by atoms with van der Waals surface area (Å²) in [7, 11) is 3.44. The molecular formula is C10H19N5O. The third-order valence-electron chi connectivity index (χ3n) is 2.23. The molecule has 0 aliphatic rings. The summed E-state index contributed by atoms with van der Waals surface area (Å²) in [5.74, 6) is 0. The molecule has 0 saturated carbocycles. The highest BCUT2D eigenvalue weighted by molar-refractivity contribution is 5.73. The number of urea groups is 1. The number of aromatic amines is 1. The summed E-state index contributed by atoms with van der Waals surface area (Å²) in [6.07, 6.45) is 1.81. The number of amides is 2. The molecule has 0 aliphatic carbocycles. The fourth-order valence-corrected chi connectivity index (χ4v) is 1.19. The van der Waals surface area contributed by atoms with Gasteiger partial charge < -0.3 is 15.5 Å². The van der Waals surface area contributed by atoms with Crippen molar-refractivity contribution in [2.75, 3.05) is 27.2 Å². The van der Waals surface area contributed by atoms with E-state index in [2.05, 4.69) is 20.8 Å². The summed E-state index contributed by atoms with van der Waals surface area (Å²) in [6, 6.07) is -0.0682. The predicted octanol–water partition coefficient (Wildman–Crippen LogP) is 0.0789. The lowest BCUT2D eigenvalue weighted by molar-refractivity contribution is 0.217. The molecule has 1 rings (SSSR count). The molecule has 6 heteroatoms. The van der Waals surface area contributed by atoms with Crippen LogP contribution in [0.1, 0.15) is 11.3 Å². The largest absolute Gasteiger partial charge is 0.337 e. The average molecular weight is 225 g/mol. The van der Waals surface area contributed by atoms with Crippen molar-refractivity contribution >= 4 is 6.03 Å². The molecule has 6 nitrogen and oxygen atoms in total. The number of nitrogens with zero attached hydrogens (tertiary/aromatic N) is 2. The summed E-state index contributed by atoms with van der Waals surface area (Å²) in [5, 5.41) is 12.8. The first-order chi connectivity index (χ1) is 7.61. The van der Waals surface area contributed by atoms with Crippen molar-refractivity contribution in [3.05, 3.63) is 17.5 Å². The molecule has 0 fully saturated rings. The fraction of sp³-hybridized carbons (Fsp3) is 0.600. The monoisotopic (exact) mass is 225 g/mol. The van der Waals surface area contributed by atoms with Gasteiger partial charge in [0, 0.05) is 45.0 Å². The van der Waals surface area contributed by atoms with E-state index < -0.39 is 0 Å². The van der Waals surface area contributed by atoms with Gasteiger partial charge in [-0.3, -0.25) is 5.10 Å². The van der Waals surface area contributed by atoms with Crippen LogP contribution in [-0.4, -0.2) is 48.3 Å². The molecule has 0 unspecified atom stereocenters. The van der Waals surface area contributed by atoms with Crippen LogP contribution in [0.25, 0.3) is 0 Å². The number of rotatable bonds is 5. The minimum atomic E-state index is -0.0682. The normalized spacial score (nSPS) is 10.2. The lowest BCUT2D eigenvalue weighted by Gasteiger charge is -2.12. The Balaban J connectivity index is 2.09. The van der Waals surface area contributed by atoms with Crippen LogP contribution < -0.4 is 10.6 Å². The van der Waals surface area contributed by atoms with E-state index in [9.17, 15) is 4.79 Å². The molecular weight excluding hydrogens is 206 g/mol. The highest BCUT2D eigenvalue weighted by Gasteiger charge is 2.01. The van der Waals surface area contributed by atoms with Gasteiger partial charge in [0.25, 0.3) is 0 Å². The van der Waals surface area contributed by atoms with Gasteiger partial charge in [-0.15, -0.1) is 0 Å². The molecule has 0 saturated heterocycles. The lowest BCUT2D eigenvalue weighted by Crippen LogP contribution is -2.38. The van der Waals surface area contributed by atoms with E-state index in [1.165, 1.54) is 4.90 Å². The van der Waals surface area contributed by atoms with Crippen molar-refractivity contribution < 1.29 is 4.79 Å². The Hall–Kier alpha value is -1.56. The molecule has 0 spiro atoms. The van der Waals surface area contributed by atoms with Gasteiger partial charge >= 0.3 is 6.03 Å². The minimum absolute atomic E-state index is 0.0682. The summed E-state index contributed by atoms with van der Waals surface area (Å²) in [4.78, 5) is 12.7. The number of aromatic nitrogens is 2. The Morgan fingerprint density at radius 1 is 1.50 bits per heavy atom. The third kappa shape index (κ3) is 3.90. The van der Waals surface area contributed by atoms with Crippen LogP contribution in [-0.2, 0) is 6.54 Å². The maximum atomic E-state index is 11.2. The van der Waals surface area contributed by atoms with E-state index in [0.29, 0.717) is 6.54 Å². The van der Waals surface area contributed by atoms with Gasteiger partial charge in [-0.1, -0.05) is 0 Å². The molecule has 0 aromatic carbocycles. The van der Waals surface area contributed by atoms with Gasteiger partial charge in [0.15, 0.2) is 0 Å². The molecule has 1 aromatic rings. The van der Waals surface area contributed by atoms with Crippen molar-refractivity contribution in [1.82, 2.24) is 25.7 Å². The molecule has 0 aliphatic heterocycles. The van der Waals surface area contributed by atoms with E-state index in [0.717, 1.165) is 24.3 Å². The zero-order valence-electron chi connectivity index (χ0n) is 10.0. The van der Waals surface area contributed by atoms with Crippen molar-refractivity contribution in [3.63, 3.8) is 0 Å². The van der Waals surface area contributed by atoms with E-state index in [1.807, 2.05) is 6.92 Å². The van der Waals surface area contributed by atoms with E-state index in [1.54, 1.807) is 20.3 Å². The fourth-order valence-electron chi connectivity index (χ4n) is 1.19. The van der Waals surface area contributed by atoms with E-state index >= 15 is 0 Å². The second-order valence-electron chi connectivity index (χ2n) is 3.82. The van der Waals surface area contributed by atoms with Crippen molar-refractivity contribution in [2.24, 2.45) is 0 Å². The third-order valence-corrected chi connectivity index (χ3v) is 2.23. The van der Waals surface area contributed by atoms with Crippen molar-refractivity contribution in [1.29, 1.82) is 0 Å². The number of hydrogen-bond donors (Lipinski definition) is 3. The van der Waals surface area contributed by atoms with Gasteiger partial charge in [-0.05, 0) is 6.92 Å². The van der Waals surface area contributed by atoms with Gasteiger partial charge in [-0.25, -0.2) is 4.79 Å². The average Bonchev–Trinajstić information content (AvgIpc) is 2.63. The Labute approximate surface area is 95.4 Å². The molecule has 1 aromatic heterocycles. The van der Waals surface area contributed by atoms with Crippen LogP contribution in [0.4, 0.5) is 4.79 Å². The van der Waals surface area contributed by atoms with E-state index in [-0.39, 0.29) is 6.03 Å². The highest BCUT2D eigenvalue weighted by Crippen LogP contribution is 2.00. The van der Waals surface area contributed by atoms with Crippen molar-refractivity contribution in [2.45, 2.75) is 13.5 Å². The summed E-state index contributed by atoms with van der Waals surface area (Å²) in [5.41, 5.74) is 2.23. The predicted molar refractivity (Wildman–Crippen MR) is 62.1 cm³/mol.